The fraction of sp³-hybridized carbons (Fsp3) is 0.533. The average Bonchev–Trinajstić information content (AvgIpc) is 2.55. The standard InChI is InChI=1S/C15H20N2O4S.ClH/c1-22-14-8-13-12(20-4-5-21-13)7-11(14)17-15(18)6-10-9-19-3-2-16-10;/h7-8,10,16H,2-6,9H2,1H3,(H,17,18);1H. The van der Waals surface area contributed by atoms with Gasteiger partial charge in [-0.25, -0.2) is 0 Å². The summed E-state index contributed by atoms with van der Waals surface area (Å²) in [5.41, 5.74) is 0.762. The van der Waals surface area contributed by atoms with E-state index in [2.05, 4.69) is 10.6 Å². The van der Waals surface area contributed by atoms with Gasteiger partial charge in [0.05, 0.1) is 18.9 Å². The van der Waals surface area contributed by atoms with Crippen molar-refractivity contribution in [2.24, 2.45) is 0 Å². The number of thioether (sulfide) groups is 1. The number of morpholine rings is 1. The summed E-state index contributed by atoms with van der Waals surface area (Å²) in [6.45, 7) is 3.15. The van der Waals surface area contributed by atoms with Crippen LogP contribution < -0.4 is 20.1 Å². The van der Waals surface area contributed by atoms with Gasteiger partial charge in [-0.3, -0.25) is 4.79 Å². The molecule has 2 aliphatic rings. The van der Waals surface area contributed by atoms with Crippen molar-refractivity contribution in [3.05, 3.63) is 12.1 Å². The molecule has 1 unspecified atom stereocenters. The van der Waals surface area contributed by atoms with Gasteiger partial charge in [0.2, 0.25) is 5.91 Å². The lowest BCUT2D eigenvalue weighted by molar-refractivity contribution is -0.117. The first-order valence-electron chi connectivity index (χ1n) is 7.35. The molecule has 8 heteroatoms. The Morgan fingerprint density at radius 2 is 2.04 bits per heavy atom. The first kappa shape index (κ1) is 18.2. The Morgan fingerprint density at radius 3 is 2.70 bits per heavy atom. The summed E-state index contributed by atoms with van der Waals surface area (Å²) in [6.07, 6.45) is 2.36. The number of halogens is 1. The maximum atomic E-state index is 12.2. The molecule has 6 nitrogen and oxygen atoms in total. The zero-order chi connectivity index (χ0) is 15.4. The predicted octanol–water partition coefficient (Wildman–Crippen LogP) is 1.92. The van der Waals surface area contributed by atoms with Gasteiger partial charge in [0.15, 0.2) is 11.5 Å². The van der Waals surface area contributed by atoms with E-state index in [1.807, 2.05) is 18.4 Å². The molecule has 0 bridgehead atoms. The zero-order valence-electron chi connectivity index (χ0n) is 12.9. The number of hydrogen-bond acceptors (Lipinski definition) is 6. The SMILES string of the molecule is CSc1cc2c(cc1NC(=O)CC1COCCN1)OCCO2.Cl. The molecule has 2 heterocycles. The molecule has 1 fully saturated rings. The quantitative estimate of drug-likeness (QED) is 0.799. The summed E-state index contributed by atoms with van der Waals surface area (Å²) >= 11 is 1.57. The second-order valence-corrected chi connectivity index (χ2v) is 6.02. The Labute approximate surface area is 146 Å². The van der Waals surface area contributed by atoms with Crippen LogP contribution in [0.4, 0.5) is 5.69 Å². The van der Waals surface area contributed by atoms with Gasteiger partial charge >= 0.3 is 0 Å². The van der Waals surface area contributed by atoms with Gasteiger partial charge in [0.25, 0.3) is 0 Å². The molecule has 0 spiro atoms. The third-order valence-corrected chi connectivity index (χ3v) is 4.35. The van der Waals surface area contributed by atoms with E-state index in [0.717, 1.165) is 22.9 Å². The number of rotatable bonds is 4. The van der Waals surface area contributed by atoms with E-state index in [0.29, 0.717) is 38.6 Å². The first-order chi connectivity index (χ1) is 10.8. The lowest BCUT2D eigenvalue weighted by Crippen LogP contribution is -2.43. The van der Waals surface area contributed by atoms with Crippen molar-refractivity contribution in [3.8, 4) is 11.5 Å². The van der Waals surface area contributed by atoms with E-state index in [1.165, 1.54) is 0 Å². The van der Waals surface area contributed by atoms with Crippen molar-refractivity contribution < 1.29 is 19.0 Å². The van der Waals surface area contributed by atoms with Gasteiger partial charge < -0.3 is 24.8 Å². The lowest BCUT2D eigenvalue weighted by Gasteiger charge is -2.24. The van der Waals surface area contributed by atoms with Crippen LogP contribution in [-0.2, 0) is 9.53 Å². The minimum absolute atomic E-state index is 0. The molecule has 0 saturated carbocycles. The lowest BCUT2D eigenvalue weighted by atomic mass is 10.2. The number of benzene rings is 1. The molecule has 2 aliphatic heterocycles. The molecule has 1 aromatic carbocycles. The summed E-state index contributed by atoms with van der Waals surface area (Å²) < 4.78 is 16.5. The summed E-state index contributed by atoms with van der Waals surface area (Å²) in [5.74, 6) is 1.38. The van der Waals surface area contributed by atoms with Gasteiger partial charge in [0, 0.05) is 30.0 Å². The van der Waals surface area contributed by atoms with E-state index in [1.54, 1.807) is 11.8 Å². The fourth-order valence-electron chi connectivity index (χ4n) is 2.51. The molecular weight excluding hydrogens is 340 g/mol. The predicted molar refractivity (Wildman–Crippen MR) is 92.3 cm³/mol. The largest absolute Gasteiger partial charge is 0.486 e. The number of amides is 1. The van der Waals surface area contributed by atoms with E-state index in [9.17, 15) is 4.79 Å². The van der Waals surface area contributed by atoms with Crippen LogP contribution >= 0.6 is 24.2 Å². The number of nitrogens with one attached hydrogen (secondary N) is 2. The van der Waals surface area contributed by atoms with Crippen LogP contribution in [0.25, 0.3) is 0 Å². The van der Waals surface area contributed by atoms with Gasteiger partial charge in [0.1, 0.15) is 13.2 Å². The van der Waals surface area contributed by atoms with Crippen LogP contribution in [0.15, 0.2) is 17.0 Å². The smallest absolute Gasteiger partial charge is 0.226 e. The molecule has 1 atom stereocenters. The van der Waals surface area contributed by atoms with Crippen molar-refractivity contribution in [1.82, 2.24) is 5.32 Å². The van der Waals surface area contributed by atoms with Crippen molar-refractivity contribution >= 4 is 35.8 Å². The minimum Gasteiger partial charge on any atom is -0.486 e. The highest BCUT2D eigenvalue weighted by Gasteiger charge is 2.20. The van der Waals surface area contributed by atoms with Crippen molar-refractivity contribution in [1.29, 1.82) is 0 Å². The summed E-state index contributed by atoms with van der Waals surface area (Å²) in [4.78, 5) is 13.2. The van der Waals surface area contributed by atoms with Gasteiger partial charge in [-0.2, -0.15) is 0 Å². The molecule has 0 radical (unpaired) electrons. The number of ether oxygens (including phenoxy) is 3. The Morgan fingerprint density at radius 1 is 1.30 bits per heavy atom. The monoisotopic (exact) mass is 360 g/mol. The Hall–Kier alpha value is -1.15. The zero-order valence-corrected chi connectivity index (χ0v) is 14.6. The molecule has 1 saturated heterocycles. The van der Waals surface area contributed by atoms with Crippen LogP contribution in [0.3, 0.4) is 0 Å². The van der Waals surface area contributed by atoms with E-state index < -0.39 is 0 Å². The second kappa shape index (κ2) is 8.63. The Balaban J connectivity index is 0.00000192. The fourth-order valence-corrected chi connectivity index (χ4v) is 3.07. The molecule has 1 amide bonds. The number of fused-ring (bicyclic) bond motifs is 1. The topological polar surface area (TPSA) is 68.8 Å². The third-order valence-electron chi connectivity index (χ3n) is 3.57. The Bertz CT molecular complexity index is 553. The van der Waals surface area contributed by atoms with Crippen LogP contribution in [0, 0.1) is 0 Å². The van der Waals surface area contributed by atoms with Crippen molar-refractivity contribution in [3.63, 3.8) is 0 Å². The summed E-state index contributed by atoms with van der Waals surface area (Å²) in [5, 5.41) is 6.25. The molecule has 0 aromatic heterocycles. The number of carbonyl (C=O) groups excluding carboxylic acids is 1. The highest BCUT2D eigenvalue weighted by Crippen LogP contribution is 2.39. The van der Waals surface area contributed by atoms with Crippen LogP contribution in [0.2, 0.25) is 0 Å². The molecule has 128 valence electrons. The summed E-state index contributed by atoms with van der Waals surface area (Å²) in [7, 11) is 0. The number of hydrogen-bond donors (Lipinski definition) is 2. The van der Waals surface area contributed by atoms with Crippen LogP contribution in [0.5, 0.6) is 11.5 Å². The summed E-state index contributed by atoms with van der Waals surface area (Å²) in [6, 6.07) is 3.82. The Kier molecular flexibility index (Phi) is 6.83. The first-order valence-corrected chi connectivity index (χ1v) is 8.57. The van der Waals surface area contributed by atoms with Gasteiger partial charge in [-0.15, -0.1) is 24.2 Å². The highest BCUT2D eigenvalue weighted by atomic mass is 35.5. The molecule has 2 N–H and O–H groups in total. The molecule has 0 aliphatic carbocycles. The van der Waals surface area contributed by atoms with E-state index in [4.69, 9.17) is 14.2 Å². The van der Waals surface area contributed by atoms with E-state index in [-0.39, 0.29) is 24.4 Å². The highest BCUT2D eigenvalue weighted by molar-refractivity contribution is 7.98. The maximum absolute atomic E-state index is 12.2. The normalized spacial score (nSPS) is 19.6. The van der Waals surface area contributed by atoms with Crippen LogP contribution in [-0.4, -0.2) is 51.2 Å². The third kappa shape index (κ3) is 4.67. The molecular formula is C15H21ClN2O4S. The molecule has 1 aromatic rings. The number of carbonyl (C=O) groups is 1. The van der Waals surface area contributed by atoms with Gasteiger partial charge in [-0.05, 0) is 12.3 Å². The minimum atomic E-state index is -0.0324. The van der Waals surface area contributed by atoms with Crippen molar-refractivity contribution in [2.45, 2.75) is 17.4 Å². The number of anilines is 1. The average molecular weight is 361 g/mol. The van der Waals surface area contributed by atoms with Crippen molar-refractivity contribution in [2.75, 3.05) is 44.5 Å². The maximum Gasteiger partial charge on any atom is 0.226 e. The van der Waals surface area contributed by atoms with E-state index >= 15 is 0 Å². The van der Waals surface area contributed by atoms with Gasteiger partial charge in [-0.1, -0.05) is 0 Å². The second-order valence-electron chi connectivity index (χ2n) is 5.17. The molecule has 3 rings (SSSR count). The molecule has 23 heavy (non-hydrogen) atoms. The van der Waals surface area contributed by atoms with Crippen LogP contribution in [0.1, 0.15) is 6.42 Å².